The number of nitrogens with one attached hydrogen (secondary N) is 2. The van der Waals surface area contributed by atoms with Crippen molar-refractivity contribution in [2.24, 2.45) is 32.7 Å². The molecule has 1 amide bonds. The number of rotatable bonds is 11. The Kier molecular flexibility index (Phi) is 11.6. The zero-order chi connectivity index (χ0) is 45.6. The van der Waals surface area contributed by atoms with Gasteiger partial charge in [-0.25, -0.2) is 19.8 Å². The number of aliphatic hydroxyl groups excluding tert-OH is 1. The van der Waals surface area contributed by atoms with E-state index in [0.717, 1.165) is 57.2 Å². The molecule has 0 aromatic heterocycles. The van der Waals surface area contributed by atoms with Crippen LogP contribution in [-0.4, -0.2) is 52.3 Å². The van der Waals surface area contributed by atoms with Crippen LogP contribution < -0.4 is 15.4 Å². The number of fused-ring (bicyclic) bond motifs is 5. The number of nitro groups is 1. The second-order valence-corrected chi connectivity index (χ2v) is 16.1. The van der Waals surface area contributed by atoms with Crippen molar-refractivity contribution in [3.8, 4) is 5.75 Å². The molecule has 15 nitrogen and oxygen atoms in total. The van der Waals surface area contributed by atoms with Gasteiger partial charge in [-0.3, -0.25) is 19.7 Å². The van der Waals surface area contributed by atoms with Gasteiger partial charge in [0.05, 0.1) is 46.3 Å². The molecule has 2 aromatic carbocycles. The Bertz CT molecular complexity index is 2810. The number of hydrogen-bond acceptors (Lipinski definition) is 13. The van der Waals surface area contributed by atoms with E-state index in [9.17, 15) is 29.6 Å². The molecule has 15 heteroatoms. The van der Waals surface area contributed by atoms with Crippen LogP contribution in [0.4, 0.5) is 16.2 Å². The summed E-state index contributed by atoms with van der Waals surface area (Å²) in [6.07, 6.45) is 7.96. The largest absolute Gasteiger partial charge is 0.514 e. The quantitative estimate of drug-likeness (QED) is 0.0845. The predicted octanol–water partition coefficient (Wildman–Crippen LogP) is 9.29. The molecule has 0 saturated carbocycles. The van der Waals surface area contributed by atoms with Crippen LogP contribution in [-0.2, 0) is 25.7 Å². The van der Waals surface area contributed by atoms with E-state index in [1.165, 1.54) is 31.4 Å². The first-order valence-corrected chi connectivity index (χ1v) is 20.9. The highest BCUT2D eigenvalue weighted by atomic mass is 16.7. The molecule has 5 aliphatic heterocycles. The van der Waals surface area contributed by atoms with Gasteiger partial charge in [-0.1, -0.05) is 38.6 Å². The summed E-state index contributed by atoms with van der Waals surface area (Å²) in [6.45, 7) is 14.1. The van der Waals surface area contributed by atoms with Crippen molar-refractivity contribution >= 4 is 46.5 Å². The number of carbonyl (C=O) groups is 3. The van der Waals surface area contributed by atoms with Crippen LogP contribution in [0.25, 0.3) is 0 Å². The van der Waals surface area contributed by atoms with E-state index >= 15 is 0 Å². The number of allylic oxidation sites excluding steroid dienone is 11. The molecule has 1 fully saturated rings. The van der Waals surface area contributed by atoms with E-state index in [-0.39, 0.29) is 48.0 Å². The van der Waals surface area contributed by atoms with E-state index in [4.69, 9.17) is 29.2 Å². The second kappa shape index (κ2) is 17.2. The molecule has 1 unspecified atom stereocenters. The maximum atomic E-state index is 13.6. The summed E-state index contributed by atoms with van der Waals surface area (Å²) in [5, 5.41) is 29.4. The lowest BCUT2D eigenvalue weighted by molar-refractivity contribution is -0.384. The minimum absolute atomic E-state index is 0.0972. The molecule has 3 atom stereocenters. The fourth-order valence-corrected chi connectivity index (χ4v) is 8.87. The zero-order valence-corrected chi connectivity index (χ0v) is 36.2. The van der Waals surface area contributed by atoms with Gasteiger partial charge >= 0.3 is 12.1 Å². The lowest BCUT2D eigenvalue weighted by atomic mass is 9.84. The number of non-ortho nitro benzene ring substituents is 1. The summed E-state index contributed by atoms with van der Waals surface area (Å²) in [5.74, 6) is -2.58. The number of benzene rings is 2. The molecule has 326 valence electrons. The molecule has 0 radical (unpaired) electrons. The lowest BCUT2D eigenvalue weighted by Gasteiger charge is -2.20. The SMILES string of the molecule is C=CC1=C(C)C2=NC1=CC1=NC(=CC3=C(C)C4=C(O)C(C(=O)OC)C(=C5NC(=C2)[C@@H](C)[C@@H]5CCC(=O)Nc2ccc(COC(=O)Oc5ccc([N+](=O)[O-])cc5)cc2)C4=N3)C(CC)=C1C. The first-order valence-electron chi connectivity index (χ1n) is 20.9. The molecular weight excluding hydrogens is 817 g/mol. The number of aliphatic hydroxyl groups is 1. The van der Waals surface area contributed by atoms with Crippen molar-refractivity contribution in [2.75, 3.05) is 12.4 Å². The smallest absolute Gasteiger partial charge is 0.510 e. The topological polar surface area (TPSA) is 203 Å². The molecule has 6 aliphatic rings. The third kappa shape index (κ3) is 7.84. The number of nitro benzene ring substituents is 1. The van der Waals surface area contributed by atoms with Crippen LogP contribution in [0, 0.1) is 27.9 Å². The molecule has 8 rings (SSSR count). The Balaban J connectivity index is 1.07. The first kappa shape index (κ1) is 43.0. The summed E-state index contributed by atoms with van der Waals surface area (Å²) in [7, 11) is 1.29. The Morgan fingerprint density at radius 1 is 0.953 bits per heavy atom. The average Bonchev–Trinajstić information content (AvgIpc) is 4.02. The van der Waals surface area contributed by atoms with Gasteiger partial charge in [-0.15, -0.1) is 0 Å². The van der Waals surface area contributed by atoms with Gasteiger partial charge in [0, 0.05) is 64.2 Å². The van der Waals surface area contributed by atoms with Gasteiger partial charge in [-0.05, 0) is 104 Å². The highest BCUT2D eigenvalue weighted by Crippen LogP contribution is 2.49. The normalized spacial score (nSPS) is 20.9. The maximum Gasteiger partial charge on any atom is 0.514 e. The van der Waals surface area contributed by atoms with E-state index in [1.54, 1.807) is 30.3 Å². The van der Waals surface area contributed by atoms with Crippen LogP contribution in [0.2, 0.25) is 0 Å². The summed E-state index contributed by atoms with van der Waals surface area (Å²) in [4.78, 5) is 65.1. The van der Waals surface area contributed by atoms with Gasteiger partial charge in [-0.2, -0.15) is 0 Å². The zero-order valence-electron chi connectivity index (χ0n) is 36.2. The number of nitrogens with zero attached hydrogens (tertiary/aromatic N) is 4. The molecule has 2 aromatic rings. The molecule has 1 saturated heterocycles. The van der Waals surface area contributed by atoms with Crippen LogP contribution in [0.1, 0.15) is 59.4 Å². The van der Waals surface area contributed by atoms with Crippen molar-refractivity contribution < 1.29 is 38.6 Å². The highest BCUT2D eigenvalue weighted by molar-refractivity contribution is 6.24. The molecule has 5 heterocycles. The fourth-order valence-electron chi connectivity index (χ4n) is 8.87. The number of anilines is 1. The van der Waals surface area contributed by atoms with Crippen LogP contribution >= 0.6 is 0 Å². The van der Waals surface area contributed by atoms with E-state index < -0.39 is 23.0 Å². The Labute approximate surface area is 369 Å². The van der Waals surface area contributed by atoms with Crippen molar-refractivity contribution in [1.29, 1.82) is 0 Å². The number of methoxy groups -OCH3 is 1. The lowest BCUT2D eigenvalue weighted by Crippen LogP contribution is -2.25. The van der Waals surface area contributed by atoms with Gasteiger partial charge in [0.1, 0.15) is 24.0 Å². The number of aliphatic imine (C=N–C) groups is 3. The number of esters is 1. The van der Waals surface area contributed by atoms with Crippen molar-refractivity contribution in [3.05, 3.63) is 168 Å². The van der Waals surface area contributed by atoms with Gasteiger partial charge in [0.2, 0.25) is 5.91 Å². The van der Waals surface area contributed by atoms with Crippen LogP contribution in [0.5, 0.6) is 5.75 Å². The molecule has 8 bridgehead atoms. The number of carbonyl (C=O) groups excluding carboxylic acids is 3. The van der Waals surface area contributed by atoms with E-state index in [1.807, 2.05) is 32.1 Å². The summed E-state index contributed by atoms with van der Waals surface area (Å²) >= 11 is 0. The molecule has 64 heavy (non-hydrogen) atoms. The summed E-state index contributed by atoms with van der Waals surface area (Å²) < 4.78 is 15.6. The average molecular weight is 863 g/mol. The number of ether oxygens (including phenoxy) is 3. The Hall–Kier alpha value is -7.68. The van der Waals surface area contributed by atoms with E-state index in [2.05, 4.69) is 38.0 Å². The predicted molar refractivity (Wildman–Crippen MR) is 241 cm³/mol. The van der Waals surface area contributed by atoms with Crippen molar-refractivity contribution in [3.63, 3.8) is 0 Å². The number of amides is 1. The standard InChI is InChI=1S/C49H46N6O9/c1-8-32-24(3)35-20-37-26(5)34(18-19-41(56)50-29-12-10-28(11-13-29)23-63-49(59)64-31-16-14-30(15-17-31)55(60)61)45(53-37)43-44(48(58)62-7)47(57)42-27(6)38(54-46(42)43)22-40-33(9-2)25(4)36(52-40)21-39(32)51-35/h8,10-17,20-22,26,34,44,53,57H,1,9,18-19,23H2,2-7H3,(H,50,56)/t26-,34-,44?/m0/s1. The first-order chi connectivity index (χ1) is 30.7. The molecule has 1 aliphatic carbocycles. The minimum Gasteiger partial charge on any atom is -0.510 e. The third-order valence-corrected chi connectivity index (χ3v) is 12.4. The van der Waals surface area contributed by atoms with Crippen LogP contribution in [0.15, 0.2) is 168 Å². The molecular formula is C49H46N6O9. The summed E-state index contributed by atoms with van der Waals surface area (Å²) in [6, 6.07) is 11.8. The van der Waals surface area contributed by atoms with Crippen molar-refractivity contribution in [2.45, 2.75) is 60.5 Å². The third-order valence-electron chi connectivity index (χ3n) is 12.4. The minimum atomic E-state index is -1.14. The second-order valence-electron chi connectivity index (χ2n) is 16.1. The monoisotopic (exact) mass is 862 g/mol. The van der Waals surface area contributed by atoms with Gasteiger partial charge in [0.15, 0.2) is 0 Å². The van der Waals surface area contributed by atoms with Gasteiger partial charge in [0.25, 0.3) is 5.69 Å². The van der Waals surface area contributed by atoms with Crippen LogP contribution in [0.3, 0.4) is 0 Å². The van der Waals surface area contributed by atoms with E-state index in [0.29, 0.717) is 51.5 Å². The van der Waals surface area contributed by atoms with Gasteiger partial charge < -0.3 is 30.0 Å². The van der Waals surface area contributed by atoms with Crippen molar-refractivity contribution in [1.82, 2.24) is 5.32 Å². The maximum absolute atomic E-state index is 13.6. The fraction of sp³-hybridized carbons (Fsp3) is 0.265. The Morgan fingerprint density at radius 3 is 2.33 bits per heavy atom. The highest BCUT2D eigenvalue weighted by Gasteiger charge is 2.49. The summed E-state index contributed by atoms with van der Waals surface area (Å²) in [5.41, 5.74) is 12.3. The molecule has 3 N–H and O–H groups in total. The number of hydrogen-bond donors (Lipinski definition) is 3. The Morgan fingerprint density at radius 2 is 1.66 bits per heavy atom. The molecule has 0 spiro atoms.